The van der Waals surface area contributed by atoms with E-state index in [-0.39, 0.29) is 5.91 Å². The Morgan fingerprint density at radius 1 is 1.75 bits per heavy atom. The molecule has 1 heterocycles. The van der Waals surface area contributed by atoms with Crippen molar-refractivity contribution in [2.24, 2.45) is 4.99 Å². The molecule has 0 bridgehead atoms. The van der Waals surface area contributed by atoms with E-state index >= 15 is 0 Å². The van der Waals surface area contributed by atoms with Crippen LogP contribution >= 0.6 is 11.8 Å². The van der Waals surface area contributed by atoms with Crippen LogP contribution in [-0.2, 0) is 4.79 Å². The van der Waals surface area contributed by atoms with E-state index in [1.165, 1.54) is 11.8 Å². The van der Waals surface area contributed by atoms with Crippen molar-refractivity contribution in [1.82, 2.24) is 0 Å². The van der Waals surface area contributed by atoms with Gasteiger partial charge >= 0.3 is 0 Å². The summed E-state index contributed by atoms with van der Waals surface area (Å²) in [6, 6.07) is 0. The van der Waals surface area contributed by atoms with E-state index in [1.54, 1.807) is 6.92 Å². The summed E-state index contributed by atoms with van der Waals surface area (Å²) in [5.74, 6) is -0.187. The fraction of sp³-hybridized carbons (Fsp3) is 0.200. The van der Waals surface area contributed by atoms with Gasteiger partial charge in [-0.15, -0.1) is 0 Å². The lowest BCUT2D eigenvalue weighted by Crippen LogP contribution is -1.83. The minimum Gasteiger partial charge on any atom is -0.266 e. The van der Waals surface area contributed by atoms with Crippen LogP contribution in [0, 0.1) is 0 Å². The quantitative estimate of drug-likeness (QED) is 0.457. The fourth-order valence-corrected chi connectivity index (χ4v) is 1.07. The summed E-state index contributed by atoms with van der Waals surface area (Å²) in [6.07, 6.45) is 0. The van der Waals surface area contributed by atoms with Crippen LogP contribution in [0.2, 0.25) is 0 Å². The van der Waals surface area contributed by atoms with Gasteiger partial charge in [0.1, 0.15) is 0 Å². The minimum absolute atomic E-state index is 0.187. The van der Waals surface area contributed by atoms with E-state index < -0.39 is 0 Å². The van der Waals surface area contributed by atoms with Gasteiger partial charge in [-0.25, -0.2) is 4.99 Å². The first kappa shape index (κ1) is 5.56. The van der Waals surface area contributed by atoms with Gasteiger partial charge in [-0.2, -0.15) is 0 Å². The normalized spacial score (nSPS) is 19.4. The van der Waals surface area contributed by atoms with Gasteiger partial charge in [-0.05, 0) is 6.92 Å². The topological polar surface area (TPSA) is 29.4 Å². The monoisotopic (exact) mass is 127 g/mol. The van der Waals surface area contributed by atoms with Crippen molar-refractivity contribution in [1.29, 1.82) is 0 Å². The Bertz CT molecular complexity index is 183. The van der Waals surface area contributed by atoms with Crippen molar-refractivity contribution in [3.8, 4) is 0 Å². The molecule has 0 aliphatic carbocycles. The first-order valence-corrected chi connectivity index (χ1v) is 2.98. The van der Waals surface area contributed by atoms with E-state index in [0.717, 1.165) is 5.04 Å². The van der Waals surface area contributed by atoms with E-state index in [2.05, 4.69) is 11.6 Å². The number of carbonyl (C=O) groups excluding carboxylic acids is 1. The number of hydrogen-bond donors (Lipinski definition) is 0. The number of nitrogens with zero attached hydrogens (tertiary/aromatic N) is 1. The third-order valence-corrected chi connectivity index (χ3v) is 1.58. The van der Waals surface area contributed by atoms with Gasteiger partial charge < -0.3 is 0 Å². The first-order chi connectivity index (χ1) is 3.70. The Kier molecular flexibility index (Phi) is 1.21. The standard InChI is InChI=1S/C5H5NOS/c1-3-5(7)6-4(2)8-3/h1H2,2H3. The lowest BCUT2D eigenvalue weighted by Gasteiger charge is -1.80. The molecule has 0 saturated carbocycles. The van der Waals surface area contributed by atoms with E-state index in [9.17, 15) is 4.79 Å². The highest BCUT2D eigenvalue weighted by Gasteiger charge is 2.14. The number of carbonyl (C=O) groups is 1. The molecule has 3 heteroatoms. The van der Waals surface area contributed by atoms with Gasteiger partial charge in [-0.1, -0.05) is 18.3 Å². The molecular formula is C5H5NOS. The Labute approximate surface area is 51.7 Å². The third-order valence-electron chi connectivity index (χ3n) is 0.768. The van der Waals surface area contributed by atoms with Crippen molar-refractivity contribution >= 4 is 22.7 Å². The van der Waals surface area contributed by atoms with Gasteiger partial charge in [0.25, 0.3) is 5.91 Å². The van der Waals surface area contributed by atoms with Crippen LogP contribution in [0.5, 0.6) is 0 Å². The molecule has 0 saturated heterocycles. The second kappa shape index (κ2) is 1.74. The summed E-state index contributed by atoms with van der Waals surface area (Å²) in [4.78, 5) is 14.6. The molecule has 1 aliphatic rings. The van der Waals surface area contributed by atoms with Crippen LogP contribution in [0.15, 0.2) is 16.5 Å². The molecule has 0 N–H and O–H groups in total. The number of aliphatic imine (C=N–C) groups is 1. The largest absolute Gasteiger partial charge is 0.283 e. The highest BCUT2D eigenvalue weighted by Crippen LogP contribution is 2.23. The lowest BCUT2D eigenvalue weighted by molar-refractivity contribution is -0.113. The lowest BCUT2D eigenvalue weighted by atomic mass is 10.6. The van der Waals surface area contributed by atoms with Gasteiger partial charge in [0.2, 0.25) is 0 Å². The third kappa shape index (κ3) is 0.816. The van der Waals surface area contributed by atoms with Crippen molar-refractivity contribution in [3.05, 3.63) is 11.5 Å². The second-order valence-corrected chi connectivity index (χ2v) is 2.75. The SMILES string of the molecule is C=C1SC(C)=NC1=O. The van der Waals surface area contributed by atoms with Crippen LogP contribution in [0.25, 0.3) is 0 Å². The summed E-state index contributed by atoms with van der Waals surface area (Å²) >= 11 is 1.33. The van der Waals surface area contributed by atoms with Crippen LogP contribution < -0.4 is 0 Å². The number of thioether (sulfide) groups is 1. The predicted octanol–water partition coefficient (Wildman–Crippen LogP) is 1.19. The zero-order valence-electron chi connectivity index (χ0n) is 4.47. The molecule has 0 atom stereocenters. The molecule has 1 amide bonds. The van der Waals surface area contributed by atoms with Crippen LogP contribution in [0.1, 0.15) is 6.92 Å². The molecule has 0 fully saturated rings. The molecule has 0 spiro atoms. The predicted molar refractivity (Wildman–Crippen MR) is 34.8 cm³/mol. The molecule has 1 rings (SSSR count). The Hall–Kier alpha value is -0.570. The number of amides is 1. The van der Waals surface area contributed by atoms with Gasteiger partial charge in [-0.3, -0.25) is 4.79 Å². The average molecular weight is 127 g/mol. The van der Waals surface area contributed by atoms with Gasteiger partial charge in [0.05, 0.1) is 9.95 Å². The number of hydrogen-bond acceptors (Lipinski definition) is 2. The summed E-state index contributed by atoms with van der Waals surface area (Å²) in [7, 11) is 0. The van der Waals surface area contributed by atoms with Gasteiger partial charge in [0.15, 0.2) is 0 Å². The minimum atomic E-state index is -0.187. The zero-order valence-corrected chi connectivity index (χ0v) is 5.29. The smallest absolute Gasteiger partial charge is 0.266 e. The van der Waals surface area contributed by atoms with Crippen LogP contribution in [0.4, 0.5) is 0 Å². The molecule has 0 radical (unpaired) electrons. The summed E-state index contributed by atoms with van der Waals surface area (Å²) in [6.45, 7) is 5.28. The Morgan fingerprint density at radius 2 is 2.38 bits per heavy atom. The van der Waals surface area contributed by atoms with E-state index in [0.29, 0.717) is 4.91 Å². The van der Waals surface area contributed by atoms with E-state index in [4.69, 9.17) is 0 Å². The van der Waals surface area contributed by atoms with Crippen molar-refractivity contribution < 1.29 is 4.79 Å². The highest BCUT2D eigenvalue weighted by molar-refractivity contribution is 8.18. The summed E-state index contributed by atoms with van der Waals surface area (Å²) in [5, 5.41) is 0.792. The fourth-order valence-electron chi connectivity index (χ4n) is 0.450. The van der Waals surface area contributed by atoms with Gasteiger partial charge in [0, 0.05) is 0 Å². The van der Waals surface area contributed by atoms with Crippen molar-refractivity contribution in [3.63, 3.8) is 0 Å². The average Bonchev–Trinajstić information content (AvgIpc) is 1.85. The van der Waals surface area contributed by atoms with Crippen LogP contribution in [-0.4, -0.2) is 11.0 Å². The maximum atomic E-state index is 10.5. The molecule has 42 valence electrons. The molecule has 0 unspecified atom stereocenters. The van der Waals surface area contributed by atoms with Crippen molar-refractivity contribution in [2.75, 3.05) is 0 Å². The zero-order chi connectivity index (χ0) is 6.15. The molecule has 0 aromatic heterocycles. The Balaban J connectivity index is 2.85. The first-order valence-electron chi connectivity index (χ1n) is 2.16. The Morgan fingerprint density at radius 3 is 2.50 bits per heavy atom. The highest BCUT2D eigenvalue weighted by atomic mass is 32.2. The number of rotatable bonds is 0. The molecule has 0 aromatic carbocycles. The molecule has 0 aromatic rings. The molecule has 8 heavy (non-hydrogen) atoms. The molecule has 1 aliphatic heterocycles. The maximum absolute atomic E-state index is 10.5. The summed E-state index contributed by atoms with van der Waals surface area (Å²) < 4.78 is 0. The van der Waals surface area contributed by atoms with E-state index in [1.807, 2.05) is 0 Å². The maximum Gasteiger partial charge on any atom is 0.283 e. The summed E-state index contributed by atoms with van der Waals surface area (Å²) in [5.41, 5.74) is 0. The molecule has 2 nitrogen and oxygen atoms in total. The second-order valence-electron chi connectivity index (χ2n) is 1.46. The van der Waals surface area contributed by atoms with Crippen LogP contribution in [0.3, 0.4) is 0 Å². The van der Waals surface area contributed by atoms with Crippen molar-refractivity contribution in [2.45, 2.75) is 6.92 Å². The molecular weight excluding hydrogens is 122 g/mol.